The molecule has 0 bridgehead atoms. The molecule has 86 valence electrons. The smallest absolute Gasteiger partial charge is 0.0140 e. The standard InChI is InChI=1S/C14H19NS/c1-2-5-13(6-3-1)7-4-10-15-14-8-11-16-12-9-14/h1-7,14-15H,8-12H2/b7-4+. The van der Waals surface area contributed by atoms with E-state index in [-0.39, 0.29) is 0 Å². The van der Waals surface area contributed by atoms with Gasteiger partial charge in [0.1, 0.15) is 0 Å². The molecule has 0 aliphatic carbocycles. The molecule has 1 aromatic carbocycles. The molecule has 1 N–H and O–H groups in total. The molecule has 2 rings (SSSR count). The summed E-state index contributed by atoms with van der Waals surface area (Å²) in [5, 5.41) is 3.59. The number of thioether (sulfide) groups is 1. The minimum absolute atomic E-state index is 0.738. The van der Waals surface area contributed by atoms with Gasteiger partial charge in [-0.05, 0) is 29.9 Å². The van der Waals surface area contributed by atoms with Gasteiger partial charge in [0.05, 0.1) is 0 Å². The molecular weight excluding hydrogens is 214 g/mol. The lowest BCUT2D eigenvalue weighted by Gasteiger charge is -2.21. The lowest BCUT2D eigenvalue weighted by Crippen LogP contribution is -2.32. The second-order valence-electron chi connectivity index (χ2n) is 4.11. The lowest BCUT2D eigenvalue weighted by molar-refractivity contribution is 0.508. The molecular formula is C14H19NS. The summed E-state index contributed by atoms with van der Waals surface area (Å²) >= 11 is 2.08. The maximum absolute atomic E-state index is 3.59. The van der Waals surface area contributed by atoms with E-state index in [1.54, 1.807) is 0 Å². The van der Waals surface area contributed by atoms with Gasteiger partial charge in [0.25, 0.3) is 0 Å². The Hall–Kier alpha value is -0.730. The van der Waals surface area contributed by atoms with Gasteiger partial charge in [0.15, 0.2) is 0 Å². The second-order valence-corrected chi connectivity index (χ2v) is 5.33. The van der Waals surface area contributed by atoms with Crippen LogP contribution in [0.15, 0.2) is 36.4 Å². The molecule has 1 aliphatic heterocycles. The SMILES string of the molecule is C(=C\c1ccccc1)/CNC1CCSCC1. The van der Waals surface area contributed by atoms with Gasteiger partial charge in [-0.25, -0.2) is 0 Å². The largest absolute Gasteiger partial charge is 0.310 e. The van der Waals surface area contributed by atoms with Gasteiger partial charge in [-0.2, -0.15) is 11.8 Å². The van der Waals surface area contributed by atoms with E-state index in [9.17, 15) is 0 Å². The summed E-state index contributed by atoms with van der Waals surface area (Å²) in [5.41, 5.74) is 1.28. The summed E-state index contributed by atoms with van der Waals surface area (Å²) in [4.78, 5) is 0. The predicted molar refractivity (Wildman–Crippen MR) is 73.8 cm³/mol. The normalized spacial score (nSPS) is 18.0. The molecule has 1 aromatic rings. The van der Waals surface area contributed by atoms with E-state index in [2.05, 4.69) is 59.6 Å². The Morgan fingerprint density at radius 3 is 2.69 bits per heavy atom. The van der Waals surface area contributed by atoms with E-state index >= 15 is 0 Å². The molecule has 0 spiro atoms. The van der Waals surface area contributed by atoms with Crippen LogP contribution in [-0.2, 0) is 0 Å². The van der Waals surface area contributed by atoms with Gasteiger partial charge in [0, 0.05) is 12.6 Å². The number of hydrogen-bond acceptors (Lipinski definition) is 2. The molecule has 16 heavy (non-hydrogen) atoms. The van der Waals surface area contributed by atoms with Crippen LogP contribution < -0.4 is 5.32 Å². The molecule has 0 amide bonds. The zero-order valence-corrected chi connectivity index (χ0v) is 10.4. The third-order valence-electron chi connectivity index (χ3n) is 2.86. The van der Waals surface area contributed by atoms with E-state index in [1.165, 1.54) is 29.9 Å². The molecule has 2 heteroatoms. The number of hydrogen-bond donors (Lipinski definition) is 1. The van der Waals surface area contributed by atoms with Gasteiger partial charge in [-0.15, -0.1) is 0 Å². The van der Waals surface area contributed by atoms with Gasteiger partial charge in [-0.3, -0.25) is 0 Å². The van der Waals surface area contributed by atoms with Crippen molar-refractivity contribution in [2.75, 3.05) is 18.1 Å². The van der Waals surface area contributed by atoms with Crippen LogP contribution in [0.1, 0.15) is 18.4 Å². The van der Waals surface area contributed by atoms with E-state index in [4.69, 9.17) is 0 Å². The number of nitrogens with one attached hydrogen (secondary N) is 1. The first-order valence-corrected chi connectivity index (χ1v) is 7.13. The highest BCUT2D eigenvalue weighted by Gasteiger charge is 2.11. The van der Waals surface area contributed by atoms with Gasteiger partial charge < -0.3 is 5.32 Å². The maximum atomic E-state index is 3.59. The predicted octanol–water partition coefficient (Wildman–Crippen LogP) is 3.19. The number of benzene rings is 1. The summed E-state index contributed by atoms with van der Waals surface area (Å²) in [7, 11) is 0. The molecule has 1 aliphatic rings. The minimum atomic E-state index is 0.738. The Bertz CT molecular complexity index is 315. The fourth-order valence-electron chi connectivity index (χ4n) is 1.90. The van der Waals surface area contributed by atoms with Crippen molar-refractivity contribution in [3.63, 3.8) is 0 Å². The van der Waals surface area contributed by atoms with Crippen LogP contribution in [0.4, 0.5) is 0 Å². The van der Waals surface area contributed by atoms with Crippen molar-refractivity contribution >= 4 is 17.8 Å². The summed E-state index contributed by atoms with van der Waals surface area (Å²) in [6.45, 7) is 0.990. The van der Waals surface area contributed by atoms with Crippen molar-refractivity contribution in [1.82, 2.24) is 5.32 Å². The average molecular weight is 233 g/mol. The minimum Gasteiger partial charge on any atom is -0.310 e. The van der Waals surface area contributed by atoms with Gasteiger partial charge in [-0.1, -0.05) is 42.5 Å². The maximum Gasteiger partial charge on any atom is 0.0140 e. The van der Waals surface area contributed by atoms with Crippen LogP contribution in [-0.4, -0.2) is 24.1 Å². The second kappa shape index (κ2) is 6.77. The summed E-state index contributed by atoms with van der Waals surface area (Å²) in [5.74, 6) is 2.64. The zero-order chi connectivity index (χ0) is 11.1. The van der Waals surface area contributed by atoms with Crippen LogP contribution in [0, 0.1) is 0 Å². The molecule has 1 fully saturated rings. The van der Waals surface area contributed by atoms with Crippen LogP contribution in [0.2, 0.25) is 0 Å². The summed E-state index contributed by atoms with van der Waals surface area (Å²) in [6.07, 6.45) is 7.05. The summed E-state index contributed by atoms with van der Waals surface area (Å²) in [6, 6.07) is 11.2. The molecule has 0 aromatic heterocycles. The highest BCUT2D eigenvalue weighted by Crippen LogP contribution is 2.16. The van der Waals surface area contributed by atoms with E-state index < -0.39 is 0 Å². The molecule has 1 saturated heterocycles. The number of rotatable bonds is 4. The van der Waals surface area contributed by atoms with E-state index in [0.717, 1.165) is 12.6 Å². The van der Waals surface area contributed by atoms with Crippen molar-refractivity contribution in [3.8, 4) is 0 Å². The van der Waals surface area contributed by atoms with E-state index in [0.29, 0.717) is 0 Å². The molecule has 0 unspecified atom stereocenters. The van der Waals surface area contributed by atoms with Crippen molar-refractivity contribution in [3.05, 3.63) is 42.0 Å². The van der Waals surface area contributed by atoms with Gasteiger partial charge >= 0.3 is 0 Å². The van der Waals surface area contributed by atoms with Crippen molar-refractivity contribution in [1.29, 1.82) is 0 Å². The molecule has 1 nitrogen and oxygen atoms in total. The first kappa shape index (κ1) is 11.7. The highest BCUT2D eigenvalue weighted by atomic mass is 32.2. The quantitative estimate of drug-likeness (QED) is 0.857. The molecule has 0 radical (unpaired) electrons. The van der Waals surface area contributed by atoms with Crippen molar-refractivity contribution in [2.24, 2.45) is 0 Å². The Kier molecular flexibility index (Phi) is 4.97. The first-order valence-electron chi connectivity index (χ1n) is 5.98. The molecule has 0 atom stereocenters. The van der Waals surface area contributed by atoms with Crippen molar-refractivity contribution < 1.29 is 0 Å². The van der Waals surface area contributed by atoms with Crippen LogP contribution in [0.5, 0.6) is 0 Å². The third-order valence-corrected chi connectivity index (χ3v) is 3.90. The third kappa shape index (κ3) is 4.03. The fraction of sp³-hybridized carbons (Fsp3) is 0.429. The first-order chi connectivity index (χ1) is 7.95. The highest BCUT2D eigenvalue weighted by molar-refractivity contribution is 7.99. The Balaban J connectivity index is 1.69. The fourth-order valence-corrected chi connectivity index (χ4v) is 3.00. The molecule has 0 saturated carbocycles. The average Bonchev–Trinajstić information content (AvgIpc) is 2.37. The topological polar surface area (TPSA) is 12.0 Å². The van der Waals surface area contributed by atoms with Crippen LogP contribution in [0.3, 0.4) is 0 Å². The Morgan fingerprint density at radius 2 is 1.94 bits per heavy atom. The van der Waals surface area contributed by atoms with Crippen LogP contribution >= 0.6 is 11.8 Å². The lowest BCUT2D eigenvalue weighted by atomic mass is 10.1. The zero-order valence-electron chi connectivity index (χ0n) is 9.56. The van der Waals surface area contributed by atoms with Gasteiger partial charge in [0.2, 0.25) is 0 Å². The summed E-state index contributed by atoms with van der Waals surface area (Å²) < 4.78 is 0. The Labute approximate surface area is 102 Å². The monoisotopic (exact) mass is 233 g/mol. The van der Waals surface area contributed by atoms with Crippen LogP contribution in [0.25, 0.3) is 6.08 Å². The van der Waals surface area contributed by atoms with E-state index in [1.807, 2.05) is 0 Å². The Morgan fingerprint density at radius 1 is 1.19 bits per heavy atom. The van der Waals surface area contributed by atoms with Crippen molar-refractivity contribution in [2.45, 2.75) is 18.9 Å². The molecule has 1 heterocycles.